The molecule has 296 valence electrons. The maximum Gasteiger partial charge on any atom is 0.0543 e. The van der Waals surface area contributed by atoms with Crippen molar-refractivity contribution in [3.8, 4) is 44.5 Å². The number of benzene rings is 8. The fourth-order valence-corrected chi connectivity index (χ4v) is 10.5. The zero-order valence-electron chi connectivity index (χ0n) is 35.8. The molecule has 1 heteroatoms. The maximum absolute atomic E-state index is 2.59. The average Bonchev–Trinajstić information content (AvgIpc) is 3.52. The summed E-state index contributed by atoms with van der Waals surface area (Å²) in [5.41, 5.74) is 19.0. The summed E-state index contributed by atoms with van der Waals surface area (Å²) in [6, 6.07) is 66.5. The van der Waals surface area contributed by atoms with E-state index in [1.54, 1.807) is 0 Å². The third kappa shape index (κ3) is 6.56. The Labute approximate surface area is 357 Å². The minimum atomic E-state index is -0.102. The zero-order chi connectivity index (χ0) is 41.0. The van der Waals surface area contributed by atoms with Crippen LogP contribution in [0.1, 0.15) is 94.9 Å². The highest BCUT2D eigenvalue weighted by molar-refractivity contribution is 6.05. The van der Waals surface area contributed by atoms with Crippen molar-refractivity contribution in [2.75, 3.05) is 4.90 Å². The summed E-state index contributed by atoms with van der Waals surface area (Å²) in [7, 11) is 0. The van der Waals surface area contributed by atoms with Gasteiger partial charge < -0.3 is 4.90 Å². The van der Waals surface area contributed by atoms with Gasteiger partial charge in [-0.25, -0.2) is 0 Å². The van der Waals surface area contributed by atoms with E-state index in [2.05, 4.69) is 215 Å². The molecule has 0 aromatic heterocycles. The SMILES string of the molecule is CC(C)(C)c1ccc(-c2ccccc2)c(N(c2ccccc2-c2ccc3c(c2)C(C)(C)c2ccccc2-3)c2ccccc2-c2cccc3cccc(C4CCCCC4)c23)c1. The summed E-state index contributed by atoms with van der Waals surface area (Å²) < 4.78 is 0. The number of para-hydroxylation sites is 2. The molecule has 0 spiro atoms. The summed E-state index contributed by atoms with van der Waals surface area (Å²) in [5.74, 6) is 0.580. The summed E-state index contributed by atoms with van der Waals surface area (Å²) >= 11 is 0. The molecule has 1 nitrogen and oxygen atoms in total. The molecular formula is C59H55N. The highest BCUT2D eigenvalue weighted by atomic mass is 15.2. The quantitative estimate of drug-likeness (QED) is 0.156. The Bertz CT molecular complexity index is 2860. The molecule has 1 saturated carbocycles. The van der Waals surface area contributed by atoms with Crippen LogP contribution in [0.4, 0.5) is 17.1 Å². The van der Waals surface area contributed by atoms with E-state index in [-0.39, 0.29) is 10.8 Å². The minimum absolute atomic E-state index is 0.0558. The third-order valence-corrected chi connectivity index (χ3v) is 13.6. The lowest BCUT2D eigenvalue weighted by Gasteiger charge is -2.33. The van der Waals surface area contributed by atoms with Crippen LogP contribution in [0.15, 0.2) is 176 Å². The number of anilines is 3. The van der Waals surface area contributed by atoms with Crippen LogP contribution >= 0.6 is 0 Å². The predicted molar refractivity (Wildman–Crippen MR) is 257 cm³/mol. The van der Waals surface area contributed by atoms with Crippen LogP contribution in [0.3, 0.4) is 0 Å². The summed E-state index contributed by atoms with van der Waals surface area (Å²) in [6.07, 6.45) is 6.48. The van der Waals surface area contributed by atoms with Crippen LogP contribution in [0, 0.1) is 0 Å². The molecule has 0 unspecified atom stereocenters. The lowest BCUT2D eigenvalue weighted by atomic mass is 9.80. The molecule has 0 heterocycles. The first-order chi connectivity index (χ1) is 29.2. The summed E-state index contributed by atoms with van der Waals surface area (Å²) in [4.78, 5) is 2.59. The average molecular weight is 778 g/mol. The number of hydrogen-bond donors (Lipinski definition) is 0. The second-order valence-corrected chi connectivity index (χ2v) is 18.7. The first-order valence-corrected chi connectivity index (χ1v) is 22.1. The van der Waals surface area contributed by atoms with Gasteiger partial charge in [-0.2, -0.15) is 0 Å². The Morgan fingerprint density at radius 3 is 1.78 bits per heavy atom. The molecule has 0 atom stereocenters. The Balaban J connectivity index is 1.26. The number of nitrogens with zero attached hydrogens (tertiary/aromatic N) is 1. The van der Waals surface area contributed by atoms with Crippen LogP contribution in [-0.4, -0.2) is 0 Å². The van der Waals surface area contributed by atoms with Gasteiger partial charge in [-0.1, -0.05) is 206 Å². The Hall–Kier alpha value is -6.18. The molecule has 8 aromatic rings. The molecular weight excluding hydrogens is 723 g/mol. The van der Waals surface area contributed by atoms with Gasteiger partial charge in [0.2, 0.25) is 0 Å². The second-order valence-electron chi connectivity index (χ2n) is 18.7. The van der Waals surface area contributed by atoms with Crippen molar-refractivity contribution in [3.63, 3.8) is 0 Å². The van der Waals surface area contributed by atoms with Gasteiger partial charge in [0.15, 0.2) is 0 Å². The van der Waals surface area contributed by atoms with Crippen LogP contribution in [0.5, 0.6) is 0 Å². The Morgan fingerprint density at radius 1 is 0.450 bits per heavy atom. The van der Waals surface area contributed by atoms with E-state index in [9.17, 15) is 0 Å². The summed E-state index contributed by atoms with van der Waals surface area (Å²) in [5, 5.41) is 2.72. The molecule has 2 aliphatic carbocycles. The largest absolute Gasteiger partial charge is 0.309 e. The number of hydrogen-bond acceptors (Lipinski definition) is 1. The van der Waals surface area contributed by atoms with Crippen molar-refractivity contribution in [3.05, 3.63) is 198 Å². The minimum Gasteiger partial charge on any atom is -0.309 e. The van der Waals surface area contributed by atoms with Crippen LogP contribution < -0.4 is 4.90 Å². The van der Waals surface area contributed by atoms with Crippen molar-refractivity contribution in [2.24, 2.45) is 0 Å². The smallest absolute Gasteiger partial charge is 0.0543 e. The van der Waals surface area contributed by atoms with E-state index < -0.39 is 0 Å². The van der Waals surface area contributed by atoms with Crippen LogP contribution in [0.25, 0.3) is 55.3 Å². The molecule has 0 bridgehead atoms. The topological polar surface area (TPSA) is 3.24 Å². The highest BCUT2D eigenvalue weighted by Gasteiger charge is 2.36. The molecule has 10 rings (SSSR count). The van der Waals surface area contributed by atoms with Crippen molar-refractivity contribution >= 4 is 27.8 Å². The molecule has 0 aliphatic heterocycles. The first kappa shape index (κ1) is 38.0. The van der Waals surface area contributed by atoms with Crippen LogP contribution in [0.2, 0.25) is 0 Å². The van der Waals surface area contributed by atoms with Crippen molar-refractivity contribution in [2.45, 2.75) is 83.5 Å². The standard InChI is InChI=1S/C59H55N/c1-58(2,3)44-35-37-46(40-20-8-6-9-21-40)56(39-44)60(54-32-16-13-26-45(54)43-34-36-49-48-27-12-15-31-52(48)59(4,5)53(49)38-43)55-33-17-14-28-50(55)51-30-19-25-42-24-18-29-47(57(42)51)41-22-10-7-11-23-41/h6,8-9,12-21,24-39,41H,7,10-11,22-23H2,1-5H3. The molecule has 0 N–H and O–H groups in total. The van der Waals surface area contributed by atoms with Gasteiger partial charge in [-0.3, -0.25) is 0 Å². The molecule has 1 fully saturated rings. The zero-order valence-corrected chi connectivity index (χ0v) is 35.8. The lowest BCUT2D eigenvalue weighted by molar-refractivity contribution is 0.445. The van der Waals surface area contributed by atoms with Crippen molar-refractivity contribution < 1.29 is 0 Å². The number of fused-ring (bicyclic) bond motifs is 4. The van der Waals surface area contributed by atoms with Gasteiger partial charge in [0.1, 0.15) is 0 Å². The van der Waals surface area contributed by atoms with E-state index in [1.807, 2.05) is 0 Å². The van der Waals surface area contributed by atoms with Crippen LogP contribution in [-0.2, 0) is 10.8 Å². The van der Waals surface area contributed by atoms with Gasteiger partial charge in [-0.15, -0.1) is 0 Å². The fraction of sp³-hybridized carbons (Fsp3) is 0.220. The second kappa shape index (κ2) is 15.1. The molecule has 2 aliphatic rings. The first-order valence-electron chi connectivity index (χ1n) is 22.1. The predicted octanol–water partition coefficient (Wildman–Crippen LogP) is 17.0. The van der Waals surface area contributed by atoms with E-state index >= 15 is 0 Å². The van der Waals surface area contributed by atoms with E-state index in [4.69, 9.17) is 0 Å². The molecule has 60 heavy (non-hydrogen) atoms. The molecule has 8 aromatic carbocycles. The van der Waals surface area contributed by atoms with Gasteiger partial charge >= 0.3 is 0 Å². The van der Waals surface area contributed by atoms with E-state index in [1.165, 1.54) is 121 Å². The van der Waals surface area contributed by atoms with Gasteiger partial charge in [0, 0.05) is 22.1 Å². The van der Waals surface area contributed by atoms with E-state index in [0.29, 0.717) is 5.92 Å². The monoisotopic (exact) mass is 777 g/mol. The maximum atomic E-state index is 2.59. The fourth-order valence-electron chi connectivity index (χ4n) is 10.5. The lowest BCUT2D eigenvalue weighted by Crippen LogP contribution is -2.17. The molecule has 0 saturated heterocycles. The highest BCUT2D eigenvalue weighted by Crippen LogP contribution is 2.53. The molecule has 0 radical (unpaired) electrons. The summed E-state index contributed by atoms with van der Waals surface area (Å²) in [6.45, 7) is 11.7. The van der Waals surface area contributed by atoms with Gasteiger partial charge in [0.25, 0.3) is 0 Å². The third-order valence-electron chi connectivity index (χ3n) is 13.6. The normalized spacial score (nSPS) is 14.8. The Kier molecular flexibility index (Phi) is 9.60. The molecule has 0 amide bonds. The van der Waals surface area contributed by atoms with Gasteiger partial charge in [0.05, 0.1) is 17.1 Å². The van der Waals surface area contributed by atoms with Crippen molar-refractivity contribution in [1.29, 1.82) is 0 Å². The number of rotatable bonds is 7. The van der Waals surface area contributed by atoms with Crippen molar-refractivity contribution in [1.82, 2.24) is 0 Å². The van der Waals surface area contributed by atoms with E-state index in [0.717, 1.165) is 5.69 Å². The Morgan fingerprint density at radius 2 is 1.03 bits per heavy atom. The van der Waals surface area contributed by atoms with Gasteiger partial charge in [-0.05, 0) is 109 Å².